The van der Waals surface area contributed by atoms with Crippen LogP contribution in [0.3, 0.4) is 0 Å². The molecule has 2 rings (SSSR count). The van der Waals surface area contributed by atoms with E-state index < -0.39 is 11.9 Å². The first-order chi connectivity index (χ1) is 9.40. The molecule has 0 bridgehead atoms. The summed E-state index contributed by atoms with van der Waals surface area (Å²) in [6.07, 6.45) is 0. The fourth-order valence-corrected chi connectivity index (χ4v) is 2.24. The fourth-order valence-electron chi connectivity index (χ4n) is 1.88. The van der Waals surface area contributed by atoms with Crippen LogP contribution in [-0.4, -0.2) is 27.2 Å². The van der Waals surface area contributed by atoms with Gasteiger partial charge in [-0.3, -0.25) is 9.89 Å². The molecule has 0 saturated heterocycles. The first kappa shape index (κ1) is 14.3. The molecule has 0 aliphatic rings. The Labute approximate surface area is 123 Å². The van der Waals surface area contributed by atoms with Gasteiger partial charge in [0.05, 0.1) is 22.5 Å². The molecule has 0 unspecified atom stereocenters. The quantitative estimate of drug-likeness (QED) is 0.802. The maximum Gasteiger partial charge on any atom is 0.337 e. The first-order valence-electron chi connectivity index (χ1n) is 5.76. The predicted octanol–water partition coefficient (Wildman–Crippen LogP) is 2.74. The Balaban J connectivity index is 2.37. The van der Waals surface area contributed by atoms with Crippen molar-refractivity contribution in [1.82, 2.24) is 10.2 Å². The smallest absolute Gasteiger partial charge is 0.337 e. The summed E-state index contributed by atoms with van der Waals surface area (Å²) in [7, 11) is 0. The number of aryl methyl sites for hydroxylation is 2. The predicted molar refractivity (Wildman–Crippen MR) is 77.1 cm³/mol. The third-order valence-corrected chi connectivity index (χ3v) is 3.31. The molecule has 0 saturated carbocycles. The topological polar surface area (TPSA) is 95.1 Å². The summed E-state index contributed by atoms with van der Waals surface area (Å²) < 4.78 is 0.679. The van der Waals surface area contributed by atoms with Gasteiger partial charge in [-0.05, 0) is 32.0 Å². The average Bonchev–Trinajstić information content (AvgIpc) is 2.68. The number of H-pyrrole nitrogens is 1. The number of carbonyl (C=O) groups is 2. The van der Waals surface area contributed by atoms with Crippen LogP contribution in [0, 0.1) is 13.8 Å². The Bertz CT molecular complexity index is 675. The van der Waals surface area contributed by atoms with Crippen LogP contribution in [0.15, 0.2) is 22.7 Å². The SMILES string of the molecule is Cc1n[nH]c(C)c1C(=O)Nc1cc(Br)ccc1C(=O)O. The van der Waals surface area contributed by atoms with Crippen molar-refractivity contribution in [1.29, 1.82) is 0 Å². The lowest BCUT2D eigenvalue weighted by Gasteiger charge is -2.09. The summed E-state index contributed by atoms with van der Waals surface area (Å²) >= 11 is 3.25. The van der Waals surface area contributed by atoms with Crippen LogP contribution in [-0.2, 0) is 0 Å². The second-order valence-electron chi connectivity index (χ2n) is 4.26. The number of hydrogen-bond donors (Lipinski definition) is 3. The summed E-state index contributed by atoms with van der Waals surface area (Å²) in [6.45, 7) is 3.44. The molecule has 0 aliphatic carbocycles. The van der Waals surface area contributed by atoms with Gasteiger partial charge in [0, 0.05) is 10.2 Å². The monoisotopic (exact) mass is 337 g/mol. The van der Waals surface area contributed by atoms with Crippen molar-refractivity contribution in [2.24, 2.45) is 0 Å². The Kier molecular flexibility index (Phi) is 3.89. The highest BCUT2D eigenvalue weighted by atomic mass is 79.9. The first-order valence-corrected chi connectivity index (χ1v) is 6.55. The number of hydrogen-bond acceptors (Lipinski definition) is 3. The number of aromatic amines is 1. The summed E-state index contributed by atoms with van der Waals surface area (Å²) in [4.78, 5) is 23.4. The molecule has 0 atom stereocenters. The summed E-state index contributed by atoms with van der Waals surface area (Å²) in [5.41, 5.74) is 1.87. The van der Waals surface area contributed by atoms with E-state index in [4.69, 9.17) is 5.11 Å². The molecular weight excluding hydrogens is 326 g/mol. The van der Waals surface area contributed by atoms with Crippen LogP contribution in [0.1, 0.15) is 32.1 Å². The molecule has 20 heavy (non-hydrogen) atoms. The van der Waals surface area contributed by atoms with Crippen LogP contribution >= 0.6 is 15.9 Å². The average molecular weight is 338 g/mol. The van der Waals surface area contributed by atoms with E-state index in [0.717, 1.165) is 0 Å². The van der Waals surface area contributed by atoms with Crippen LogP contribution in [0.5, 0.6) is 0 Å². The highest BCUT2D eigenvalue weighted by Crippen LogP contribution is 2.23. The Morgan fingerprint density at radius 3 is 2.60 bits per heavy atom. The van der Waals surface area contributed by atoms with E-state index in [0.29, 0.717) is 21.4 Å². The summed E-state index contributed by atoms with van der Waals surface area (Å²) in [5.74, 6) is -1.50. The molecule has 6 nitrogen and oxygen atoms in total. The van der Waals surface area contributed by atoms with Crippen LogP contribution in [0.2, 0.25) is 0 Å². The zero-order valence-corrected chi connectivity index (χ0v) is 12.4. The highest BCUT2D eigenvalue weighted by Gasteiger charge is 2.18. The van der Waals surface area contributed by atoms with E-state index in [-0.39, 0.29) is 11.3 Å². The maximum absolute atomic E-state index is 12.2. The molecule has 2 aromatic rings. The number of carbonyl (C=O) groups excluding carboxylic acids is 1. The Morgan fingerprint density at radius 2 is 2.05 bits per heavy atom. The molecule has 0 spiro atoms. The van der Waals surface area contributed by atoms with Crippen molar-refractivity contribution in [2.45, 2.75) is 13.8 Å². The van der Waals surface area contributed by atoms with Gasteiger partial charge in [-0.2, -0.15) is 5.10 Å². The number of nitrogens with zero attached hydrogens (tertiary/aromatic N) is 1. The zero-order valence-electron chi connectivity index (χ0n) is 10.8. The number of benzene rings is 1. The number of aromatic carboxylic acids is 1. The molecule has 1 aromatic carbocycles. The Hall–Kier alpha value is -2.15. The minimum absolute atomic E-state index is 0.0281. The van der Waals surface area contributed by atoms with Gasteiger partial charge in [0.15, 0.2) is 0 Å². The fraction of sp³-hybridized carbons (Fsp3) is 0.154. The zero-order chi connectivity index (χ0) is 14.9. The van der Waals surface area contributed by atoms with Gasteiger partial charge in [0.1, 0.15) is 0 Å². The van der Waals surface area contributed by atoms with E-state index in [1.54, 1.807) is 26.0 Å². The molecule has 104 valence electrons. The van der Waals surface area contributed by atoms with Gasteiger partial charge >= 0.3 is 5.97 Å². The lowest BCUT2D eigenvalue weighted by atomic mass is 10.1. The van der Waals surface area contributed by atoms with E-state index in [1.165, 1.54) is 6.07 Å². The number of anilines is 1. The van der Waals surface area contributed by atoms with Gasteiger partial charge in [-0.15, -0.1) is 0 Å². The molecule has 1 aromatic heterocycles. The van der Waals surface area contributed by atoms with E-state index in [2.05, 4.69) is 31.4 Å². The molecule has 0 fully saturated rings. The second kappa shape index (κ2) is 5.46. The Morgan fingerprint density at radius 1 is 1.35 bits per heavy atom. The van der Waals surface area contributed by atoms with Crippen molar-refractivity contribution in [3.05, 3.63) is 45.2 Å². The van der Waals surface area contributed by atoms with Gasteiger partial charge < -0.3 is 10.4 Å². The van der Waals surface area contributed by atoms with Crippen molar-refractivity contribution in [2.75, 3.05) is 5.32 Å². The van der Waals surface area contributed by atoms with E-state index in [9.17, 15) is 9.59 Å². The third-order valence-electron chi connectivity index (χ3n) is 2.82. The van der Waals surface area contributed by atoms with Crippen LogP contribution in [0.25, 0.3) is 0 Å². The molecular formula is C13H12BrN3O3. The van der Waals surface area contributed by atoms with E-state index >= 15 is 0 Å². The number of nitrogens with one attached hydrogen (secondary N) is 2. The van der Waals surface area contributed by atoms with Crippen LogP contribution < -0.4 is 5.32 Å². The van der Waals surface area contributed by atoms with Gasteiger partial charge in [-0.1, -0.05) is 15.9 Å². The van der Waals surface area contributed by atoms with Crippen molar-refractivity contribution < 1.29 is 14.7 Å². The van der Waals surface area contributed by atoms with Gasteiger partial charge in [0.25, 0.3) is 5.91 Å². The minimum Gasteiger partial charge on any atom is -0.478 e. The molecule has 0 aliphatic heterocycles. The minimum atomic E-state index is -1.10. The third kappa shape index (κ3) is 2.72. The number of carboxylic acid groups (broad SMARTS) is 1. The molecule has 1 heterocycles. The number of rotatable bonds is 3. The number of aromatic nitrogens is 2. The standard InChI is InChI=1S/C13H12BrN3O3/c1-6-11(7(2)17-16-6)12(18)15-10-5-8(14)3-4-9(10)13(19)20/h3-5H,1-2H3,(H,15,18)(H,16,17)(H,19,20). The number of carboxylic acids is 1. The summed E-state index contributed by atoms with van der Waals surface area (Å²) in [6, 6.07) is 4.58. The van der Waals surface area contributed by atoms with Crippen molar-refractivity contribution in [3.8, 4) is 0 Å². The number of halogens is 1. The summed E-state index contributed by atoms with van der Waals surface area (Å²) in [5, 5.41) is 18.4. The van der Waals surface area contributed by atoms with Crippen LogP contribution in [0.4, 0.5) is 5.69 Å². The highest BCUT2D eigenvalue weighted by molar-refractivity contribution is 9.10. The van der Waals surface area contributed by atoms with Crippen molar-refractivity contribution >= 4 is 33.5 Å². The maximum atomic E-state index is 12.2. The number of amides is 1. The largest absolute Gasteiger partial charge is 0.478 e. The molecule has 0 radical (unpaired) electrons. The lowest BCUT2D eigenvalue weighted by molar-refractivity contribution is 0.0698. The normalized spacial score (nSPS) is 10.3. The molecule has 7 heteroatoms. The van der Waals surface area contributed by atoms with Crippen molar-refractivity contribution in [3.63, 3.8) is 0 Å². The van der Waals surface area contributed by atoms with Gasteiger partial charge in [0.2, 0.25) is 0 Å². The van der Waals surface area contributed by atoms with Gasteiger partial charge in [-0.25, -0.2) is 4.79 Å². The second-order valence-corrected chi connectivity index (χ2v) is 5.17. The molecule has 3 N–H and O–H groups in total. The lowest BCUT2D eigenvalue weighted by Crippen LogP contribution is -2.16. The molecule has 1 amide bonds. The van der Waals surface area contributed by atoms with E-state index in [1.807, 2.05) is 0 Å².